The molecule has 0 fully saturated rings. The van der Waals surface area contributed by atoms with Crippen molar-refractivity contribution < 1.29 is 22.7 Å². The Morgan fingerprint density at radius 1 is 1.00 bits per heavy atom. The van der Waals surface area contributed by atoms with Crippen LogP contribution in [-0.4, -0.2) is 17.5 Å². The summed E-state index contributed by atoms with van der Waals surface area (Å²) in [4.78, 5) is 16.2. The summed E-state index contributed by atoms with van der Waals surface area (Å²) in [6.45, 7) is 2.39. The summed E-state index contributed by atoms with van der Waals surface area (Å²) < 4.78 is 45.4. The van der Waals surface area contributed by atoms with E-state index in [-0.39, 0.29) is 5.69 Å². The summed E-state index contributed by atoms with van der Waals surface area (Å²) in [5.74, 6) is -4.55. The van der Waals surface area contributed by atoms with E-state index in [1.54, 1.807) is 6.07 Å². The number of hydrogen-bond acceptors (Lipinski definition) is 4. The van der Waals surface area contributed by atoms with E-state index < -0.39 is 29.0 Å². The summed E-state index contributed by atoms with van der Waals surface area (Å²) in [6.07, 6.45) is 1.42. The predicted octanol–water partition coefficient (Wildman–Crippen LogP) is 4.89. The number of nitrogens with zero attached hydrogens (tertiary/aromatic N) is 1. The van der Waals surface area contributed by atoms with E-state index in [9.17, 15) is 18.0 Å². The van der Waals surface area contributed by atoms with E-state index in [2.05, 4.69) is 15.6 Å². The fourth-order valence-electron chi connectivity index (χ4n) is 2.42. The van der Waals surface area contributed by atoms with Gasteiger partial charge in [0.25, 0.3) is 5.91 Å². The van der Waals surface area contributed by atoms with Crippen LogP contribution in [0, 0.1) is 17.5 Å². The number of halogens is 3. The molecular weight excluding hydrogens is 371 g/mol. The third kappa shape index (κ3) is 4.22. The summed E-state index contributed by atoms with van der Waals surface area (Å²) in [7, 11) is 0. The highest BCUT2D eigenvalue weighted by atomic mass is 19.2. The van der Waals surface area contributed by atoms with Gasteiger partial charge in [-0.25, -0.2) is 18.2 Å². The SMILES string of the molecule is CCOc1ccccc1Nc1ccc(C(=O)Nc2ccc(F)c(F)c2F)nc1. The molecule has 2 aromatic carbocycles. The van der Waals surface area contributed by atoms with Gasteiger partial charge in [-0.15, -0.1) is 0 Å². The van der Waals surface area contributed by atoms with Gasteiger partial charge in [0.05, 0.1) is 29.9 Å². The van der Waals surface area contributed by atoms with Crippen LogP contribution in [-0.2, 0) is 0 Å². The van der Waals surface area contributed by atoms with Crippen molar-refractivity contribution in [1.29, 1.82) is 0 Å². The van der Waals surface area contributed by atoms with E-state index in [1.807, 2.05) is 31.2 Å². The summed E-state index contributed by atoms with van der Waals surface area (Å²) in [6, 6.07) is 12.0. The Balaban J connectivity index is 1.72. The number of pyridine rings is 1. The Morgan fingerprint density at radius 2 is 1.79 bits per heavy atom. The smallest absolute Gasteiger partial charge is 0.274 e. The van der Waals surface area contributed by atoms with E-state index in [1.165, 1.54) is 12.3 Å². The number of carbonyl (C=O) groups is 1. The molecule has 144 valence electrons. The fraction of sp³-hybridized carbons (Fsp3) is 0.100. The maximum Gasteiger partial charge on any atom is 0.274 e. The molecule has 0 spiro atoms. The molecule has 0 aliphatic carbocycles. The molecule has 0 unspecified atom stereocenters. The predicted molar refractivity (Wildman–Crippen MR) is 99.4 cm³/mol. The van der Waals surface area contributed by atoms with E-state index in [0.717, 1.165) is 17.8 Å². The molecule has 0 atom stereocenters. The van der Waals surface area contributed by atoms with Crippen LogP contribution in [0.3, 0.4) is 0 Å². The van der Waals surface area contributed by atoms with E-state index in [0.29, 0.717) is 18.0 Å². The lowest BCUT2D eigenvalue weighted by atomic mass is 10.2. The van der Waals surface area contributed by atoms with Gasteiger partial charge in [0.2, 0.25) is 0 Å². The number of rotatable bonds is 6. The van der Waals surface area contributed by atoms with E-state index >= 15 is 0 Å². The number of carbonyl (C=O) groups excluding carboxylic acids is 1. The number of aromatic nitrogens is 1. The molecule has 3 rings (SSSR count). The monoisotopic (exact) mass is 387 g/mol. The molecular formula is C20H16F3N3O2. The number of para-hydroxylation sites is 2. The molecule has 2 N–H and O–H groups in total. The van der Waals surface area contributed by atoms with Gasteiger partial charge in [0, 0.05) is 0 Å². The number of nitrogens with one attached hydrogen (secondary N) is 2. The molecule has 5 nitrogen and oxygen atoms in total. The molecule has 1 aromatic heterocycles. The zero-order valence-corrected chi connectivity index (χ0v) is 14.8. The average Bonchev–Trinajstić information content (AvgIpc) is 2.70. The van der Waals surface area contributed by atoms with Gasteiger partial charge in [-0.2, -0.15) is 0 Å². The van der Waals surface area contributed by atoms with Crippen molar-refractivity contribution >= 4 is 23.0 Å². The Labute approximate surface area is 159 Å². The van der Waals surface area contributed by atoms with Crippen LogP contribution in [0.2, 0.25) is 0 Å². The van der Waals surface area contributed by atoms with Gasteiger partial charge in [0.15, 0.2) is 17.5 Å². The minimum absolute atomic E-state index is 0.0206. The van der Waals surface area contributed by atoms with E-state index in [4.69, 9.17) is 4.74 Å². The van der Waals surface area contributed by atoms with Crippen molar-refractivity contribution in [2.75, 3.05) is 17.2 Å². The molecule has 0 radical (unpaired) electrons. The lowest BCUT2D eigenvalue weighted by Crippen LogP contribution is -2.15. The number of anilines is 3. The zero-order chi connectivity index (χ0) is 20.1. The number of hydrogen-bond donors (Lipinski definition) is 2. The molecule has 1 amide bonds. The van der Waals surface area contributed by atoms with Crippen LogP contribution < -0.4 is 15.4 Å². The summed E-state index contributed by atoms with van der Waals surface area (Å²) >= 11 is 0. The molecule has 0 aliphatic rings. The Morgan fingerprint density at radius 3 is 2.50 bits per heavy atom. The second-order valence-corrected chi connectivity index (χ2v) is 5.66. The Bertz CT molecular complexity index is 994. The first kappa shape index (κ1) is 19.2. The van der Waals surface area contributed by atoms with Crippen molar-refractivity contribution in [3.8, 4) is 5.75 Å². The van der Waals surface area contributed by atoms with Crippen molar-refractivity contribution in [3.63, 3.8) is 0 Å². The standard InChI is InChI=1S/C20H16F3N3O2/c1-2-28-17-6-4-3-5-14(17)25-12-7-9-16(24-11-12)20(27)26-15-10-8-13(21)18(22)19(15)23/h3-11,25H,2H2,1H3,(H,26,27). The van der Waals surface area contributed by atoms with Crippen LogP contribution >= 0.6 is 0 Å². The maximum absolute atomic E-state index is 13.7. The molecule has 3 aromatic rings. The minimum Gasteiger partial charge on any atom is -0.492 e. The molecule has 8 heteroatoms. The minimum atomic E-state index is -1.65. The largest absolute Gasteiger partial charge is 0.492 e. The average molecular weight is 387 g/mol. The summed E-state index contributed by atoms with van der Waals surface area (Å²) in [5.41, 5.74) is 0.834. The topological polar surface area (TPSA) is 63.2 Å². The first-order chi connectivity index (χ1) is 13.5. The van der Waals surface area contributed by atoms with Gasteiger partial charge in [-0.3, -0.25) is 4.79 Å². The van der Waals surface area contributed by atoms with Gasteiger partial charge >= 0.3 is 0 Å². The zero-order valence-electron chi connectivity index (χ0n) is 14.8. The lowest BCUT2D eigenvalue weighted by molar-refractivity contribution is 0.102. The summed E-state index contributed by atoms with van der Waals surface area (Å²) in [5, 5.41) is 5.29. The normalized spacial score (nSPS) is 10.4. The van der Waals surface area contributed by atoms with Crippen LogP contribution in [0.1, 0.15) is 17.4 Å². The van der Waals surface area contributed by atoms with Gasteiger partial charge < -0.3 is 15.4 Å². The van der Waals surface area contributed by atoms with Crippen LogP contribution in [0.4, 0.5) is 30.2 Å². The highest BCUT2D eigenvalue weighted by Crippen LogP contribution is 2.27. The third-order valence-corrected chi connectivity index (χ3v) is 3.75. The van der Waals surface area contributed by atoms with Crippen LogP contribution in [0.25, 0.3) is 0 Å². The van der Waals surface area contributed by atoms with Crippen molar-refractivity contribution in [2.45, 2.75) is 6.92 Å². The highest BCUT2D eigenvalue weighted by Gasteiger charge is 2.16. The molecule has 0 bridgehead atoms. The Kier molecular flexibility index (Phi) is 5.78. The number of amides is 1. The first-order valence-electron chi connectivity index (χ1n) is 8.39. The molecule has 0 saturated heterocycles. The quantitative estimate of drug-likeness (QED) is 0.591. The fourth-order valence-corrected chi connectivity index (χ4v) is 2.42. The van der Waals surface area contributed by atoms with Gasteiger partial charge in [-0.05, 0) is 43.3 Å². The second-order valence-electron chi connectivity index (χ2n) is 5.66. The number of benzene rings is 2. The first-order valence-corrected chi connectivity index (χ1v) is 8.39. The van der Waals surface area contributed by atoms with Crippen molar-refractivity contribution in [3.05, 3.63) is 77.9 Å². The lowest BCUT2D eigenvalue weighted by Gasteiger charge is -2.12. The van der Waals surface area contributed by atoms with Gasteiger partial charge in [0.1, 0.15) is 11.4 Å². The number of ether oxygens (including phenoxy) is 1. The third-order valence-electron chi connectivity index (χ3n) is 3.75. The molecule has 0 aliphatic heterocycles. The maximum atomic E-state index is 13.7. The van der Waals surface area contributed by atoms with Crippen molar-refractivity contribution in [2.24, 2.45) is 0 Å². The molecule has 0 saturated carbocycles. The highest BCUT2D eigenvalue weighted by molar-refractivity contribution is 6.03. The van der Waals surface area contributed by atoms with Crippen LogP contribution in [0.5, 0.6) is 5.75 Å². The second kappa shape index (κ2) is 8.43. The molecule has 1 heterocycles. The van der Waals surface area contributed by atoms with Gasteiger partial charge in [-0.1, -0.05) is 12.1 Å². The van der Waals surface area contributed by atoms with Crippen molar-refractivity contribution in [1.82, 2.24) is 4.98 Å². The molecule has 28 heavy (non-hydrogen) atoms. The van der Waals surface area contributed by atoms with Crippen LogP contribution in [0.15, 0.2) is 54.7 Å². The Hall–Kier alpha value is -3.55.